The Labute approximate surface area is 250 Å². The number of rotatable bonds is 11. The molecule has 0 spiro atoms. The van der Waals surface area contributed by atoms with Crippen molar-refractivity contribution in [3.63, 3.8) is 0 Å². The second-order valence-electron chi connectivity index (χ2n) is 10.3. The summed E-state index contributed by atoms with van der Waals surface area (Å²) in [5.41, 5.74) is 1.15. The highest BCUT2D eigenvalue weighted by Crippen LogP contribution is 2.26. The normalized spacial score (nSPS) is 14.6. The number of para-hydroxylation sites is 1. The Kier molecular flexibility index (Phi) is 10.4. The molecule has 0 aromatic heterocycles. The Hall–Kier alpha value is -3.37. The summed E-state index contributed by atoms with van der Waals surface area (Å²) in [6.07, 6.45) is 6.21. The minimum atomic E-state index is -3.83. The molecule has 41 heavy (non-hydrogen) atoms. The molecule has 10 heteroatoms. The van der Waals surface area contributed by atoms with Crippen LogP contribution in [0.2, 0.25) is 0 Å². The number of carbonyl (C=O) groups is 2. The lowest BCUT2D eigenvalue weighted by atomic mass is 9.95. The first kappa shape index (κ1) is 30.6. The van der Waals surface area contributed by atoms with E-state index in [-0.39, 0.29) is 18.5 Å². The number of ether oxygens (including phenoxy) is 1. The highest BCUT2D eigenvalue weighted by molar-refractivity contribution is 9.10. The van der Waals surface area contributed by atoms with Crippen LogP contribution in [0.3, 0.4) is 0 Å². The first-order chi connectivity index (χ1) is 19.6. The third kappa shape index (κ3) is 8.81. The second kappa shape index (κ2) is 14.0. The molecule has 3 aromatic carbocycles. The van der Waals surface area contributed by atoms with E-state index in [2.05, 4.69) is 21.2 Å². The average Bonchev–Trinajstić information content (AvgIpc) is 2.96. The maximum Gasteiger partial charge on any atom is 0.244 e. The molecule has 4 rings (SSSR count). The largest absolute Gasteiger partial charge is 0.457 e. The fourth-order valence-electron chi connectivity index (χ4n) is 4.86. The average molecular weight is 643 g/mol. The molecule has 8 nitrogen and oxygen atoms in total. The van der Waals surface area contributed by atoms with Crippen molar-refractivity contribution in [2.75, 3.05) is 17.1 Å². The molecule has 218 valence electrons. The molecule has 1 saturated carbocycles. The maximum absolute atomic E-state index is 13.8. The topological polar surface area (TPSA) is 96.0 Å². The van der Waals surface area contributed by atoms with Gasteiger partial charge in [-0.2, -0.15) is 0 Å². The minimum Gasteiger partial charge on any atom is -0.457 e. The van der Waals surface area contributed by atoms with Gasteiger partial charge in [-0.05, 0) is 73.9 Å². The van der Waals surface area contributed by atoms with Gasteiger partial charge >= 0.3 is 0 Å². The van der Waals surface area contributed by atoms with Crippen molar-refractivity contribution in [2.24, 2.45) is 0 Å². The van der Waals surface area contributed by atoms with Crippen LogP contribution in [0.4, 0.5) is 5.69 Å². The summed E-state index contributed by atoms with van der Waals surface area (Å²) in [4.78, 5) is 28.5. The van der Waals surface area contributed by atoms with Crippen molar-refractivity contribution in [1.82, 2.24) is 10.2 Å². The van der Waals surface area contributed by atoms with Crippen LogP contribution in [0.25, 0.3) is 0 Å². The van der Waals surface area contributed by atoms with E-state index in [1.165, 1.54) is 4.90 Å². The molecule has 3 aromatic rings. The van der Waals surface area contributed by atoms with E-state index in [0.717, 1.165) is 52.7 Å². The molecule has 1 N–H and O–H groups in total. The zero-order chi connectivity index (χ0) is 29.4. The van der Waals surface area contributed by atoms with Crippen molar-refractivity contribution in [1.29, 1.82) is 0 Å². The van der Waals surface area contributed by atoms with E-state index >= 15 is 0 Å². The lowest BCUT2D eigenvalue weighted by Gasteiger charge is -2.33. The maximum atomic E-state index is 13.8. The Morgan fingerprint density at radius 1 is 0.927 bits per heavy atom. The van der Waals surface area contributed by atoms with Gasteiger partial charge in [0, 0.05) is 17.1 Å². The van der Waals surface area contributed by atoms with E-state index in [9.17, 15) is 18.0 Å². The van der Waals surface area contributed by atoms with Crippen LogP contribution < -0.4 is 14.4 Å². The standard InChI is InChI=1S/C31H36BrN3O5S/c1-23(31(37)33-26-9-5-3-6-10-26)34(21-24-13-15-25(32)16-14-24)30(36)22-35(41(2,38)39)27-17-19-29(20-18-27)40-28-11-7-4-8-12-28/h4,7-8,11-20,23,26H,3,5-6,9-10,21-22H2,1-2H3,(H,33,37)/t23-/m1/s1. The van der Waals surface area contributed by atoms with Crippen molar-refractivity contribution >= 4 is 43.5 Å². The van der Waals surface area contributed by atoms with Gasteiger partial charge in [-0.3, -0.25) is 13.9 Å². The molecule has 1 aliphatic carbocycles. The number of nitrogens with zero attached hydrogens (tertiary/aromatic N) is 2. The monoisotopic (exact) mass is 641 g/mol. The molecule has 0 saturated heterocycles. The highest BCUT2D eigenvalue weighted by atomic mass is 79.9. The van der Waals surface area contributed by atoms with Crippen molar-refractivity contribution in [3.05, 3.63) is 88.9 Å². The smallest absolute Gasteiger partial charge is 0.244 e. The lowest BCUT2D eigenvalue weighted by Crippen LogP contribution is -2.52. The molecule has 1 aliphatic rings. The number of benzene rings is 3. The first-order valence-electron chi connectivity index (χ1n) is 13.7. The van der Waals surface area contributed by atoms with Gasteiger partial charge in [0.15, 0.2) is 0 Å². The predicted octanol–water partition coefficient (Wildman–Crippen LogP) is 5.87. The van der Waals surface area contributed by atoms with Crippen molar-refractivity contribution in [2.45, 2.75) is 57.7 Å². The fourth-order valence-corrected chi connectivity index (χ4v) is 5.97. The summed E-state index contributed by atoms with van der Waals surface area (Å²) in [5, 5.41) is 3.10. The van der Waals surface area contributed by atoms with Gasteiger partial charge < -0.3 is 15.0 Å². The molecule has 0 heterocycles. The molecule has 0 aliphatic heterocycles. The van der Waals surface area contributed by atoms with E-state index in [1.54, 1.807) is 31.2 Å². The Balaban J connectivity index is 1.54. The zero-order valence-electron chi connectivity index (χ0n) is 23.3. The quantitative estimate of drug-likeness (QED) is 0.282. The molecule has 1 fully saturated rings. The Morgan fingerprint density at radius 3 is 2.15 bits per heavy atom. The van der Waals surface area contributed by atoms with Gasteiger partial charge in [-0.25, -0.2) is 8.42 Å². The number of hydrogen-bond donors (Lipinski definition) is 1. The zero-order valence-corrected chi connectivity index (χ0v) is 25.7. The molecule has 2 amide bonds. The van der Waals surface area contributed by atoms with Crippen LogP contribution >= 0.6 is 15.9 Å². The van der Waals surface area contributed by atoms with E-state index in [0.29, 0.717) is 17.2 Å². The van der Waals surface area contributed by atoms with Gasteiger partial charge in [0.25, 0.3) is 0 Å². The van der Waals surface area contributed by atoms with Crippen LogP contribution in [0, 0.1) is 0 Å². The number of halogens is 1. The van der Waals surface area contributed by atoms with Gasteiger partial charge in [0.1, 0.15) is 24.1 Å². The fraction of sp³-hybridized carbons (Fsp3) is 0.355. The number of amides is 2. The predicted molar refractivity (Wildman–Crippen MR) is 164 cm³/mol. The molecular weight excluding hydrogens is 606 g/mol. The first-order valence-corrected chi connectivity index (χ1v) is 16.4. The van der Waals surface area contributed by atoms with Gasteiger partial charge in [0.05, 0.1) is 11.9 Å². The van der Waals surface area contributed by atoms with E-state index in [1.807, 2.05) is 54.6 Å². The number of carbonyl (C=O) groups excluding carboxylic acids is 2. The third-order valence-corrected chi connectivity index (χ3v) is 8.84. The van der Waals surface area contributed by atoms with Crippen molar-refractivity contribution < 1.29 is 22.7 Å². The van der Waals surface area contributed by atoms with Gasteiger partial charge in [0.2, 0.25) is 21.8 Å². The summed E-state index contributed by atoms with van der Waals surface area (Å²) in [6, 6.07) is 22.5. The number of sulfonamides is 1. The molecule has 1 atom stereocenters. The number of anilines is 1. The summed E-state index contributed by atoms with van der Waals surface area (Å²) in [5.74, 6) is 0.467. The van der Waals surface area contributed by atoms with Gasteiger partial charge in [-0.15, -0.1) is 0 Å². The molecule has 0 radical (unpaired) electrons. The van der Waals surface area contributed by atoms with Gasteiger partial charge in [-0.1, -0.05) is 65.5 Å². The molecular formula is C31H36BrN3O5S. The van der Waals surface area contributed by atoms with E-state index < -0.39 is 28.5 Å². The summed E-state index contributed by atoms with van der Waals surface area (Å²) in [7, 11) is -3.83. The molecule has 0 bridgehead atoms. The minimum absolute atomic E-state index is 0.0903. The summed E-state index contributed by atoms with van der Waals surface area (Å²) >= 11 is 3.42. The van der Waals surface area contributed by atoms with E-state index in [4.69, 9.17) is 4.74 Å². The third-order valence-electron chi connectivity index (χ3n) is 7.17. The Bertz CT molecular complexity index is 1410. The SMILES string of the molecule is C[C@H](C(=O)NC1CCCCC1)N(Cc1ccc(Br)cc1)C(=O)CN(c1ccc(Oc2ccccc2)cc1)S(C)(=O)=O. The summed E-state index contributed by atoms with van der Waals surface area (Å²) in [6.45, 7) is 1.40. The highest BCUT2D eigenvalue weighted by Gasteiger charge is 2.31. The summed E-state index contributed by atoms with van der Waals surface area (Å²) < 4.78 is 33.5. The van der Waals surface area contributed by atoms with Crippen LogP contribution in [-0.4, -0.2) is 50.0 Å². The second-order valence-corrected chi connectivity index (χ2v) is 13.2. The lowest BCUT2D eigenvalue weighted by molar-refractivity contribution is -0.139. The van der Waals surface area contributed by atoms with Crippen LogP contribution in [-0.2, 0) is 26.2 Å². The van der Waals surface area contributed by atoms with Crippen molar-refractivity contribution in [3.8, 4) is 11.5 Å². The molecule has 0 unspecified atom stereocenters. The number of hydrogen-bond acceptors (Lipinski definition) is 5. The van der Waals surface area contributed by atoms with Crippen LogP contribution in [0.1, 0.15) is 44.6 Å². The number of nitrogens with one attached hydrogen (secondary N) is 1. The van der Waals surface area contributed by atoms with Crippen LogP contribution in [0.5, 0.6) is 11.5 Å². The Morgan fingerprint density at radius 2 is 1.54 bits per heavy atom. The van der Waals surface area contributed by atoms with Crippen LogP contribution in [0.15, 0.2) is 83.3 Å².